The molecular weight excluding hydrogens is 147 g/mol. The SMILES string of the molecule is C[C@@H]1O[C@@](CO)(CF)C[C@@H]1C. The third kappa shape index (κ3) is 1.54. The van der Waals surface area contributed by atoms with Gasteiger partial charge in [0.25, 0.3) is 0 Å². The van der Waals surface area contributed by atoms with Gasteiger partial charge in [0.1, 0.15) is 12.3 Å². The average Bonchev–Trinajstić information content (AvgIpc) is 2.29. The van der Waals surface area contributed by atoms with E-state index < -0.39 is 12.3 Å². The molecule has 0 spiro atoms. The summed E-state index contributed by atoms with van der Waals surface area (Å²) in [5, 5.41) is 8.89. The van der Waals surface area contributed by atoms with Gasteiger partial charge < -0.3 is 9.84 Å². The van der Waals surface area contributed by atoms with Crippen molar-refractivity contribution in [2.45, 2.75) is 32.0 Å². The van der Waals surface area contributed by atoms with Gasteiger partial charge in [-0.25, -0.2) is 4.39 Å². The van der Waals surface area contributed by atoms with E-state index in [1.165, 1.54) is 0 Å². The maximum atomic E-state index is 12.4. The fourth-order valence-corrected chi connectivity index (χ4v) is 1.54. The van der Waals surface area contributed by atoms with Crippen LogP contribution in [-0.4, -0.2) is 30.1 Å². The van der Waals surface area contributed by atoms with Crippen molar-refractivity contribution >= 4 is 0 Å². The zero-order valence-electron chi connectivity index (χ0n) is 7.01. The molecule has 1 rings (SSSR count). The second-order valence-corrected chi connectivity index (χ2v) is 3.48. The van der Waals surface area contributed by atoms with E-state index >= 15 is 0 Å². The first-order valence-electron chi connectivity index (χ1n) is 3.98. The fourth-order valence-electron chi connectivity index (χ4n) is 1.54. The Morgan fingerprint density at radius 1 is 1.64 bits per heavy atom. The molecule has 11 heavy (non-hydrogen) atoms. The Morgan fingerprint density at radius 3 is 2.45 bits per heavy atom. The van der Waals surface area contributed by atoms with Crippen LogP contribution in [0.25, 0.3) is 0 Å². The van der Waals surface area contributed by atoms with E-state index in [4.69, 9.17) is 9.84 Å². The van der Waals surface area contributed by atoms with Crippen LogP contribution in [-0.2, 0) is 4.74 Å². The van der Waals surface area contributed by atoms with Gasteiger partial charge in [-0.2, -0.15) is 0 Å². The quantitative estimate of drug-likeness (QED) is 0.659. The third-order valence-electron chi connectivity index (χ3n) is 2.46. The molecule has 3 atom stereocenters. The van der Waals surface area contributed by atoms with Crippen LogP contribution in [0.5, 0.6) is 0 Å². The van der Waals surface area contributed by atoms with E-state index in [1.54, 1.807) is 0 Å². The Morgan fingerprint density at radius 2 is 2.27 bits per heavy atom. The van der Waals surface area contributed by atoms with Crippen molar-refractivity contribution in [3.05, 3.63) is 0 Å². The molecule has 0 saturated carbocycles. The molecule has 2 nitrogen and oxygen atoms in total. The molecule has 1 fully saturated rings. The Kier molecular flexibility index (Phi) is 2.50. The van der Waals surface area contributed by atoms with Crippen molar-refractivity contribution in [3.63, 3.8) is 0 Å². The summed E-state index contributed by atoms with van der Waals surface area (Å²) in [6.07, 6.45) is 0.694. The van der Waals surface area contributed by atoms with Gasteiger partial charge in [0.2, 0.25) is 0 Å². The van der Waals surface area contributed by atoms with Gasteiger partial charge in [-0.3, -0.25) is 0 Å². The minimum Gasteiger partial charge on any atom is -0.393 e. The number of aliphatic hydroxyl groups is 1. The van der Waals surface area contributed by atoms with Crippen molar-refractivity contribution in [2.75, 3.05) is 13.3 Å². The van der Waals surface area contributed by atoms with Gasteiger partial charge in [-0.15, -0.1) is 0 Å². The molecule has 0 aromatic heterocycles. The van der Waals surface area contributed by atoms with Gasteiger partial charge in [0, 0.05) is 0 Å². The number of aliphatic hydroxyl groups excluding tert-OH is 1. The molecule has 66 valence electrons. The van der Waals surface area contributed by atoms with Gasteiger partial charge in [0.05, 0.1) is 12.7 Å². The van der Waals surface area contributed by atoms with Gasteiger partial charge in [0.15, 0.2) is 0 Å². The molecule has 1 saturated heterocycles. The molecule has 0 bridgehead atoms. The molecule has 0 radical (unpaired) electrons. The number of halogens is 1. The molecular formula is C8H15FO2. The first kappa shape index (κ1) is 8.94. The molecule has 0 aromatic carbocycles. The standard InChI is InChI=1S/C8H15FO2/c1-6-3-8(4-9,5-10)11-7(6)2/h6-7,10H,3-5H2,1-2H3/t6-,7-,8+/m0/s1. The van der Waals surface area contributed by atoms with Crippen LogP contribution in [0.1, 0.15) is 20.3 Å². The normalized spacial score (nSPS) is 44.7. The van der Waals surface area contributed by atoms with E-state index in [-0.39, 0.29) is 12.7 Å². The highest BCUT2D eigenvalue weighted by atomic mass is 19.1. The second kappa shape index (κ2) is 3.07. The topological polar surface area (TPSA) is 29.5 Å². The summed E-state index contributed by atoms with van der Waals surface area (Å²) in [6, 6.07) is 0. The van der Waals surface area contributed by atoms with E-state index in [0.717, 1.165) is 0 Å². The van der Waals surface area contributed by atoms with E-state index in [2.05, 4.69) is 0 Å². The highest BCUT2D eigenvalue weighted by Crippen LogP contribution is 2.34. The van der Waals surface area contributed by atoms with Crippen LogP contribution in [0.4, 0.5) is 4.39 Å². The second-order valence-electron chi connectivity index (χ2n) is 3.48. The van der Waals surface area contributed by atoms with Gasteiger partial charge in [-0.05, 0) is 19.3 Å². The molecule has 3 heteroatoms. The fraction of sp³-hybridized carbons (Fsp3) is 1.00. The molecule has 1 heterocycles. The Labute approximate surface area is 66.4 Å². The van der Waals surface area contributed by atoms with E-state index in [1.807, 2.05) is 13.8 Å². The maximum absolute atomic E-state index is 12.4. The summed E-state index contributed by atoms with van der Waals surface area (Å²) in [5.74, 6) is 0.345. The largest absolute Gasteiger partial charge is 0.393 e. The summed E-state index contributed by atoms with van der Waals surface area (Å²) in [5.41, 5.74) is -0.890. The zero-order valence-corrected chi connectivity index (χ0v) is 7.01. The summed E-state index contributed by atoms with van der Waals surface area (Å²) >= 11 is 0. The molecule has 0 aromatic rings. The lowest BCUT2D eigenvalue weighted by Gasteiger charge is -2.22. The molecule has 0 aliphatic carbocycles. The highest BCUT2D eigenvalue weighted by molar-refractivity contribution is 4.90. The van der Waals surface area contributed by atoms with Crippen molar-refractivity contribution in [3.8, 4) is 0 Å². The lowest BCUT2D eigenvalue weighted by molar-refractivity contribution is -0.0812. The number of ether oxygens (including phenoxy) is 1. The monoisotopic (exact) mass is 162 g/mol. The average molecular weight is 162 g/mol. The summed E-state index contributed by atoms with van der Waals surface area (Å²) in [4.78, 5) is 0. The minimum atomic E-state index is -0.890. The first-order valence-corrected chi connectivity index (χ1v) is 3.98. The molecule has 1 N–H and O–H groups in total. The van der Waals surface area contributed by atoms with Crippen molar-refractivity contribution in [1.82, 2.24) is 0 Å². The summed E-state index contributed by atoms with van der Waals surface area (Å²) < 4.78 is 17.7. The minimum absolute atomic E-state index is 0.0675. The molecule has 0 unspecified atom stereocenters. The summed E-state index contributed by atoms with van der Waals surface area (Å²) in [7, 11) is 0. The zero-order chi connectivity index (χ0) is 8.48. The highest BCUT2D eigenvalue weighted by Gasteiger charge is 2.42. The Hall–Kier alpha value is -0.150. The number of rotatable bonds is 2. The lowest BCUT2D eigenvalue weighted by Crippen LogP contribution is -2.35. The van der Waals surface area contributed by atoms with Gasteiger partial charge in [-0.1, -0.05) is 6.92 Å². The first-order chi connectivity index (χ1) is 5.13. The lowest BCUT2D eigenvalue weighted by atomic mass is 9.95. The van der Waals surface area contributed by atoms with Crippen molar-refractivity contribution in [1.29, 1.82) is 0 Å². The van der Waals surface area contributed by atoms with Crippen molar-refractivity contribution in [2.24, 2.45) is 5.92 Å². The maximum Gasteiger partial charge on any atom is 0.121 e. The molecule has 1 aliphatic rings. The number of alkyl halides is 1. The van der Waals surface area contributed by atoms with Crippen LogP contribution in [0.15, 0.2) is 0 Å². The van der Waals surface area contributed by atoms with Crippen LogP contribution in [0.3, 0.4) is 0 Å². The third-order valence-corrected chi connectivity index (χ3v) is 2.46. The Bertz CT molecular complexity index is 122. The van der Waals surface area contributed by atoms with Crippen LogP contribution in [0, 0.1) is 5.92 Å². The summed E-state index contributed by atoms with van der Waals surface area (Å²) in [6.45, 7) is 3.13. The van der Waals surface area contributed by atoms with Crippen LogP contribution < -0.4 is 0 Å². The molecule has 1 aliphatic heterocycles. The van der Waals surface area contributed by atoms with Gasteiger partial charge >= 0.3 is 0 Å². The predicted molar refractivity (Wildman–Crippen MR) is 40.1 cm³/mol. The Balaban J connectivity index is 2.61. The number of hydrogen-bond acceptors (Lipinski definition) is 2. The van der Waals surface area contributed by atoms with E-state index in [0.29, 0.717) is 12.3 Å². The van der Waals surface area contributed by atoms with E-state index in [9.17, 15) is 4.39 Å². The van der Waals surface area contributed by atoms with Crippen LogP contribution in [0.2, 0.25) is 0 Å². The van der Waals surface area contributed by atoms with Crippen molar-refractivity contribution < 1.29 is 14.2 Å². The predicted octanol–water partition coefficient (Wildman–Crippen LogP) is 1.13. The molecule has 0 amide bonds. The van der Waals surface area contributed by atoms with Crippen LogP contribution >= 0.6 is 0 Å². The number of hydrogen-bond donors (Lipinski definition) is 1. The smallest absolute Gasteiger partial charge is 0.121 e.